The lowest BCUT2D eigenvalue weighted by molar-refractivity contribution is -0.161. The van der Waals surface area contributed by atoms with E-state index >= 15 is 0 Å². The number of esters is 2. The number of ether oxygens (including phenoxy) is 2. The molecule has 3 fully saturated rings. The summed E-state index contributed by atoms with van der Waals surface area (Å²) in [6.07, 6.45) is 9.07. The summed E-state index contributed by atoms with van der Waals surface area (Å²) in [7, 11) is 0. The third-order valence-electron chi connectivity index (χ3n) is 8.83. The number of fused-ring (bicyclic) bond motifs is 5. The SMILES string of the molecule is CCCC(=O)OC1C=C2C[C@@H](OC(C)=O)CC[C@]2(C)[C@H]2CC[C@]3(C)C(=O)CC[C@H]3[C@H]12. The first-order valence-corrected chi connectivity index (χ1v) is 11.8. The van der Waals surface area contributed by atoms with Crippen molar-refractivity contribution in [3.8, 4) is 0 Å². The highest BCUT2D eigenvalue weighted by Crippen LogP contribution is 2.64. The lowest BCUT2D eigenvalue weighted by Gasteiger charge is -2.58. The van der Waals surface area contributed by atoms with Crippen molar-refractivity contribution in [2.75, 3.05) is 0 Å². The van der Waals surface area contributed by atoms with Crippen LogP contribution in [0.2, 0.25) is 0 Å². The molecule has 30 heavy (non-hydrogen) atoms. The molecule has 4 aliphatic rings. The van der Waals surface area contributed by atoms with E-state index in [2.05, 4.69) is 19.9 Å². The molecule has 4 rings (SSSR count). The highest BCUT2D eigenvalue weighted by atomic mass is 16.5. The average Bonchev–Trinajstić information content (AvgIpc) is 2.97. The second-order valence-electron chi connectivity index (χ2n) is 10.5. The fourth-order valence-electron chi connectivity index (χ4n) is 7.22. The molecule has 0 saturated heterocycles. The summed E-state index contributed by atoms with van der Waals surface area (Å²) in [6, 6.07) is 0. The van der Waals surface area contributed by atoms with Gasteiger partial charge in [0.25, 0.3) is 0 Å². The molecule has 0 N–H and O–H groups in total. The molecule has 5 heteroatoms. The molecule has 0 aromatic rings. The summed E-state index contributed by atoms with van der Waals surface area (Å²) in [5.41, 5.74) is 1.04. The van der Waals surface area contributed by atoms with Crippen LogP contribution in [-0.2, 0) is 23.9 Å². The zero-order chi connectivity index (χ0) is 21.7. The molecule has 3 saturated carbocycles. The maximum atomic E-state index is 12.8. The van der Waals surface area contributed by atoms with Crippen molar-refractivity contribution in [3.63, 3.8) is 0 Å². The average molecular weight is 417 g/mol. The van der Waals surface area contributed by atoms with Crippen LogP contribution >= 0.6 is 0 Å². The Kier molecular flexibility index (Phi) is 5.61. The standard InChI is InChI=1S/C25H36O5/c1-5-6-22(28)30-20-14-16-13-17(29-15(2)26)9-11-24(16,3)19-10-12-25(4)18(23(19)20)7-8-21(25)27/h14,17-20,23H,5-13H2,1-4H3/t17-,18-,19-,20?,23-,24-,25-/m0/s1. The van der Waals surface area contributed by atoms with Gasteiger partial charge in [-0.1, -0.05) is 26.3 Å². The van der Waals surface area contributed by atoms with Gasteiger partial charge in [0.15, 0.2) is 0 Å². The number of Topliss-reactive ketones (excluding diaryl/α,β-unsaturated/α-hetero) is 1. The molecule has 5 nitrogen and oxygen atoms in total. The maximum absolute atomic E-state index is 12.8. The molecule has 0 bridgehead atoms. The van der Waals surface area contributed by atoms with Crippen LogP contribution in [0.15, 0.2) is 11.6 Å². The van der Waals surface area contributed by atoms with Crippen LogP contribution in [-0.4, -0.2) is 29.9 Å². The lowest BCUT2D eigenvalue weighted by atomic mass is 9.47. The smallest absolute Gasteiger partial charge is 0.306 e. The summed E-state index contributed by atoms with van der Waals surface area (Å²) in [6.45, 7) is 7.95. The van der Waals surface area contributed by atoms with E-state index in [4.69, 9.17) is 9.47 Å². The third-order valence-corrected chi connectivity index (χ3v) is 8.83. The number of hydrogen-bond acceptors (Lipinski definition) is 5. The Balaban J connectivity index is 1.70. The topological polar surface area (TPSA) is 69.7 Å². The molecular weight excluding hydrogens is 380 g/mol. The van der Waals surface area contributed by atoms with Crippen molar-refractivity contribution in [1.82, 2.24) is 0 Å². The molecule has 7 atom stereocenters. The molecule has 166 valence electrons. The Morgan fingerprint density at radius 3 is 2.47 bits per heavy atom. The number of carbonyl (C=O) groups is 3. The molecule has 0 aromatic carbocycles. The van der Waals surface area contributed by atoms with Crippen molar-refractivity contribution in [2.45, 2.75) is 97.7 Å². The van der Waals surface area contributed by atoms with Gasteiger partial charge in [-0.2, -0.15) is 0 Å². The number of carbonyl (C=O) groups excluding carboxylic acids is 3. The van der Waals surface area contributed by atoms with Gasteiger partial charge >= 0.3 is 11.9 Å². The van der Waals surface area contributed by atoms with E-state index in [1.165, 1.54) is 12.5 Å². The van der Waals surface area contributed by atoms with Crippen LogP contribution < -0.4 is 0 Å². The van der Waals surface area contributed by atoms with Crippen molar-refractivity contribution in [2.24, 2.45) is 28.6 Å². The van der Waals surface area contributed by atoms with Gasteiger partial charge in [-0.25, -0.2) is 0 Å². The van der Waals surface area contributed by atoms with Crippen molar-refractivity contribution >= 4 is 17.7 Å². The van der Waals surface area contributed by atoms with Crippen molar-refractivity contribution in [3.05, 3.63) is 11.6 Å². The zero-order valence-corrected chi connectivity index (χ0v) is 18.9. The first-order valence-electron chi connectivity index (χ1n) is 11.8. The van der Waals surface area contributed by atoms with Crippen molar-refractivity contribution in [1.29, 1.82) is 0 Å². The number of rotatable bonds is 4. The first-order chi connectivity index (χ1) is 14.2. The summed E-state index contributed by atoms with van der Waals surface area (Å²) in [5.74, 6) is 0.897. The zero-order valence-electron chi connectivity index (χ0n) is 18.9. The minimum absolute atomic E-state index is 0.0297. The molecule has 1 unspecified atom stereocenters. The monoisotopic (exact) mass is 416 g/mol. The Bertz CT molecular complexity index is 770. The largest absolute Gasteiger partial charge is 0.462 e. The van der Waals surface area contributed by atoms with Gasteiger partial charge in [-0.05, 0) is 61.9 Å². The number of hydrogen-bond donors (Lipinski definition) is 0. The van der Waals surface area contributed by atoms with Crippen LogP contribution in [0, 0.1) is 28.6 Å². The molecule has 0 heterocycles. The first kappa shape index (κ1) is 21.6. The quantitative estimate of drug-likeness (QED) is 0.488. The van der Waals surface area contributed by atoms with Crippen LogP contribution in [0.5, 0.6) is 0 Å². The van der Waals surface area contributed by atoms with Gasteiger partial charge in [0.1, 0.15) is 18.0 Å². The summed E-state index contributed by atoms with van der Waals surface area (Å²) in [5, 5.41) is 0. The predicted octanol–water partition coefficient (Wildman–Crippen LogP) is 4.77. The van der Waals surface area contributed by atoms with Crippen LogP contribution in [0.3, 0.4) is 0 Å². The Morgan fingerprint density at radius 2 is 1.77 bits per heavy atom. The Labute approximate surface area is 179 Å². The molecule has 0 radical (unpaired) electrons. The molecule has 0 spiro atoms. The molecular formula is C25H36O5. The molecule has 4 aliphatic carbocycles. The fourth-order valence-corrected chi connectivity index (χ4v) is 7.22. The van der Waals surface area contributed by atoms with Gasteiger partial charge in [-0.15, -0.1) is 0 Å². The van der Waals surface area contributed by atoms with Gasteiger partial charge in [0.2, 0.25) is 0 Å². The minimum Gasteiger partial charge on any atom is -0.462 e. The maximum Gasteiger partial charge on any atom is 0.306 e. The van der Waals surface area contributed by atoms with E-state index < -0.39 is 0 Å². The van der Waals surface area contributed by atoms with E-state index in [0.29, 0.717) is 24.5 Å². The summed E-state index contributed by atoms with van der Waals surface area (Å²) < 4.78 is 11.6. The fraction of sp³-hybridized carbons (Fsp3) is 0.800. The molecule has 0 amide bonds. The van der Waals surface area contributed by atoms with E-state index in [9.17, 15) is 14.4 Å². The van der Waals surface area contributed by atoms with E-state index in [-0.39, 0.29) is 46.8 Å². The van der Waals surface area contributed by atoms with Gasteiger partial charge in [0.05, 0.1) is 0 Å². The number of ketones is 1. The highest BCUT2D eigenvalue weighted by Gasteiger charge is 2.61. The lowest BCUT2D eigenvalue weighted by Crippen LogP contribution is -2.55. The second kappa shape index (κ2) is 7.80. The van der Waals surface area contributed by atoms with Crippen LogP contribution in [0.25, 0.3) is 0 Å². The van der Waals surface area contributed by atoms with Gasteiger partial charge in [-0.3, -0.25) is 14.4 Å². The van der Waals surface area contributed by atoms with E-state index in [1.807, 2.05) is 6.92 Å². The third kappa shape index (κ3) is 3.42. The second-order valence-corrected chi connectivity index (χ2v) is 10.5. The van der Waals surface area contributed by atoms with E-state index in [1.54, 1.807) is 0 Å². The summed E-state index contributed by atoms with van der Waals surface area (Å²) >= 11 is 0. The van der Waals surface area contributed by atoms with Crippen LogP contribution in [0.4, 0.5) is 0 Å². The Morgan fingerprint density at radius 1 is 1.07 bits per heavy atom. The van der Waals surface area contributed by atoms with Gasteiger partial charge < -0.3 is 9.47 Å². The van der Waals surface area contributed by atoms with Gasteiger partial charge in [0, 0.05) is 37.5 Å². The normalized spacial score (nSPS) is 42.5. The van der Waals surface area contributed by atoms with Crippen molar-refractivity contribution < 1.29 is 23.9 Å². The highest BCUT2D eigenvalue weighted by molar-refractivity contribution is 5.87. The molecule has 0 aliphatic heterocycles. The van der Waals surface area contributed by atoms with E-state index in [0.717, 1.165) is 44.9 Å². The molecule has 0 aromatic heterocycles. The minimum atomic E-state index is -0.274. The Hall–Kier alpha value is -1.65. The summed E-state index contributed by atoms with van der Waals surface area (Å²) in [4.78, 5) is 36.8. The predicted molar refractivity (Wildman–Crippen MR) is 112 cm³/mol. The van der Waals surface area contributed by atoms with Crippen LogP contribution in [0.1, 0.15) is 85.5 Å².